The molecule has 11 N–H and O–H groups in total. The van der Waals surface area contributed by atoms with Crippen molar-refractivity contribution >= 4 is 159 Å². The lowest BCUT2D eigenvalue weighted by molar-refractivity contribution is -0.221. The van der Waals surface area contributed by atoms with E-state index in [1.165, 1.54) is 71.0 Å². The zero-order valence-electron chi connectivity index (χ0n) is 74.1. The van der Waals surface area contributed by atoms with Crippen LogP contribution in [-0.4, -0.2) is 207 Å². The standard InChI is InChI=1S/C70H94N19O38P7S7/c1-29-15-83(65(94)77-57(29)71)50-9-37(121-128(100,101)135)43(115-50)21-109-130(103,137)127-42-14-55(89-28-76-56-59(73)74-27-75-60(56)89)120-48(42)26-113-134(107,141)126-41-13-54(88-20-34(6)64(93)82-70(88)99)119-47(41)25-112-133(106,140)125-40-12-53(87-19-33(5)63(92)81-69(87)98)118-46(40)24-111-131(104,138)123-38-10-51(84-16-30(2)58(72)78-66(84)95)116-45(38)23-110-132(105,139)124-39-11-52(86-18-32(4)62(91)80-68(86)97)117-44(39)22-108-129(102,136)122-36-8-49(114-35(36)7)85-17-31(3)61(90)79-67(85)96/h15-20,27-28,35-55H,8-14,21-26H2,1-7H3,(H,102,136)(H,103,137)(H,104,138)(H,105,139)(H,106,140)(H,107,141)(H2,71,77,94)(H2,72,78,95)(H2,73,74,75)(H,79,90,96)(H,80,91,97)(H,81,92,98)(H,82,93,99)(H2,100,101,135)/p-7/t35-,36?,37?,38?,39?,40?,41?,42?,43-,44-,45-,46-,47-,48-,49-,50-,51-,52-,53-,54-,55-,129?,130?,131?,132?,133?,134?/m1/s1. The van der Waals surface area contributed by atoms with Crippen molar-refractivity contribution in [2.75, 3.05) is 56.8 Å². The summed E-state index contributed by atoms with van der Waals surface area (Å²) in [4.78, 5) is 254. The third-order valence-corrected chi connectivity index (χ3v) is 33.3. The highest BCUT2D eigenvalue weighted by atomic mass is 32.7. The van der Waals surface area contributed by atoms with Gasteiger partial charge in [-0.15, -0.1) is 0 Å². The van der Waals surface area contributed by atoms with Gasteiger partial charge in [0.2, 0.25) is 0 Å². The van der Waals surface area contributed by atoms with Gasteiger partial charge in [0, 0.05) is 116 Å². The number of hydrogen-bond donors (Lipinski definition) is 8. The second-order valence-electron chi connectivity index (χ2n) is 33.1. The molecule has 28 atom stereocenters. The number of imidazole rings is 1. The summed E-state index contributed by atoms with van der Waals surface area (Å²) in [5.41, 5.74) is 10.4. The summed E-state index contributed by atoms with van der Waals surface area (Å²) < 4.78 is 141. The number of rotatable bonds is 39. The van der Waals surface area contributed by atoms with Crippen LogP contribution in [0, 0.1) is 41.5 Å². The van der Waals surface area contributed by atoms with Crippen LogP contribution in [0.5, 0.6) is 0 Å². The highest BCUT2D eigenvalue weighted by Gasteiger charge is 2.49. The van der Waals surface area contributed by atoms with Gasteiger partial charge in [-0.25, -0.2) is 43.7 Å². The maximum absolute atomic E-state index is 14.9. The topological polar surface area (TPSA) is 771 Å². The molecule has 8 aromatic rings. The van der Waals surface area contributed by atoms with Crippen LogP contribution in [0.2, 0.25) is 0 Å². The Hall–Kier alpha value is -6.17. The number of nitrogens with one attached hydrogen (secondary N) is 4. The summed E-state index contributed by atoms with van der Waals surface area (Å²) in [5.74, 6) is -0.290. The van der Waals surface area contributed by atoms with E-state index in [2.05, 4.69) is 56.7 Å². The van der Waals surface area contributed by atoms with Crippen molar-refractivity contribution in [3.63, 3.8) is 0 Å². The average Bonchev–Trinajstić information content (AvgIpc) is 1.62. The molecule has 7 aliphatic rings. The van der Waals surface area contributed by atoms with E-state index < -0.39 is 298 Å². The van der Waals surface area contributed by atoms with E-state index in [0.29, 0.717) is 5.56 Å². The Labute approximate surface area is 827 Å². The predicted molar refractivity (Wildman–Crippen MR) is 497 cm³/mol. The molecule has 141 heavy (non-hydrogen) atoms. The van der Waals surface area contributed by atoms with Crippen LogP contribution < -0.4 is 103 Å². The van der Waals surface area contributed by atoms with Crippen LogP contribution in [0.25, 0.3) is 11.2 Å². The summed E-state index contributed by atoms with van der Waals surface area (Å²) in [6.45, 7) is -29.5. The van der Waals surface area contributed by atoms with Crippen LogP contribution in [0.15, 0.2) is 97.8 Å². The van der Waals surface area contributed by atoms with E-state index in [1.54, 1.807) is 6.92 Å². The van der Waals surface area contributed by atoms with Crippen LogP contribution >= 0.6 is 47.1 Å². The predicted octanol–water partition coefficient (Wildman–Crippen LogP) is -3.88. The van der Waals surface area contributed by atoms with Crippen molar-refractivity contribution < 1.29 is 131 Å². The lowest BCUT2D eigenvalue weighted by Gasteiger charge is -2.36. The van der Waals surface area contributed by atoms with E-state index in [-0.39, 0.29) is 75.7 Å². The van der Waals surface area contributed by atoms with Gasteiger partial charge in [0.05, 0.1) is 94.8 Å². The molecule has 57 nitrogen and oxygen atoms in total. The van der Waals surface area contributed by atoms with Gasteiger partial charge >= 0.3 is 34.1 Å². The number of nitrogens with zero attached hydrogens (tertiary/aromatic N) is 12. The molecule has 774 valence electrons. The van der Waals surface area contributed by atoms with Gasteiger partial charge in [-0.3, -0.25) is 75.6 Å². The van der Waals surface area contributed by atoms with E-state index in [1.807, 2.05) is 0 Å². The fourth-order valence-corrected chi connectivity index (χ4v) is 25.8. The van der Waals surface area contributed by atoms with E-state index in [9.17, 15) is 86.8 Å². The molecule has 7 fully saturated rings. The molecule has 0 amide bonds. The van der Waals surface area contributed by atoms with Crippen LogP contribution in [0.4, 0.5) is 17.5 Å². The third kappa shape index (κ3) is 26.6. The smallest absolute Gasteiger partial charge is 0.351 e. The molecular formula is C70H87N19O38P7S7-7. The zero-order chi connectivity index (χ0) is 102. The summed E-state index contributed by atoms with van der Waals surface area (Å²) in [6, 6.07) is 0. The molecule has 0 aliphatic carbocycles. The molecule has 0 radical (unpaired) electrons. The van der Waals surface area contributed by atoms with Gasteiger partial charge in [-0.05, 0) is 48.5 Å². The zero-order valence-corrected chi connectivity index (χ0v) is 86.1. The number of H-pyrrole nitrogens is 4. The minimum absolute atomic E-state index is 0.00424. The van der Waals surface area contributed by atoms with Crippen molar-refractivity contribution in [3.05, 3.63) is 188 Å². The second kappa shape index (κ2) is 43.6. The minimum Gasteiger partial charge on any atom is -0.780 e. The Bertz CT molecular complexity index is 7130. The van der Waals surface area contributed by atoms with Crippen LogP contribution in [0.1, 0.15) is 129 Å². The number of aromatic amines is 4. The summed E-state index contributed by atoms with van der Waals surface area (Å²) >= 11 is 37.2. The highest BCUT2D eigenvalue weighted by Crippen LogP contribution is 2.56. The minimum atomic E-state index is -5.09. The maximum atomic E-state index is 14.9. The third-order valence-electron chi connectivity index (χ3n) is 23.1. The van der Waals surface area contributed by atoms with Gasteiger partial charge in [0.15, 0.2) is 18.3 Å². The van der Waals surface area contributed by atoms with Gasteiger partial charge in [0.25, 0.3) is 22.2 Å². The molecule has 7 saturated heterocycles. The lowest BCUT2D eigenvalue weighted by Crippen LogP contribution is -2.34. The fraction of sp³-hybridized carbons (Fsp3) is 0.586. The van der Waals surface area contributed by atoms with Gasteiger partial charge in [-0.2, -0.15) is 9.97 Å². The molecule has 8 aromatic heterocycles. The molecule has 0 saturated carbocycles. The number of fused-ring (bicyclic) bond motifs is 1. The normalized spacial score (nSPS) is 30.0. The monoisotopic (exact) mass is 2240 g/mol. The molecule has 71 heteroatoms. The number of ether oxygens (including phenoxy) is 7. The first kappa shape index (κ1) is 109. The largest absolute Gasteiger partial charge is 0.780 e. The SMILES string of the molecule is Cc1cn([C@H]2CC(OP([O-])(O)=S)[C@@H](COP([O-])(=S)OC3C[C@H](n4cnc5c(N)ncnc54)O[C@@H]3COP([O-])(=S)OC3C[C@H](n4cc(C)c(=O)[nH]c4=O)O[C@@H]3COP([O-])(=S)OC3C[C@H](n4cc(C)c(=O)[nH]c4=O)O[C@@H]3COP([O-])(=S)OC3C[C@H](n4cc(C)c(N)nc4=O)O[C@@H]3COP(=O)([S-])OC3C[C@H](n4cc(C)c(=O)[nH]c4=O)O[C@@H]3COP([O-])(=S)OC3C[C@H](n4cc(C)c(=O)[nH]c4=O)O[C@@H]3C)O2)c(=O)nc1N. The van der Waals surface area contributed by atoms with Crippen molar-refractivity contribution in [2.24, 2.45) is 0 Å². The Balaban J connectivity index is 0.632. The van der Waals surface area contributed by atoms with E-state index in [0.717, 1.165) is 52.3 Å². The quantitative estimate of drug-likeness (QED) is 0.0135. The molecule has 0 spiro atoms. The Morgan fingerprint density at radius 1 is 0.376 bits per heavy atom. The van der Waals surface area contributed by atoms with Gasteiger partial charge < -0.3 is 156 Å². The highest BCUT2D eigenvalue weighted by molar-refractivity contribution is 8.32. The Morgan fingerprint density at radius 3 is 0.957 bits per heavy atom. The second-order valence-corrected chi connectivity index (χ2v) is 51.9. The van der Waals surface area contributed by atoms with Gasteiger partial charge in [-0.1, -0.05) is 70.8 Å². The number of aryl methyl sites for hydroxylation is 6. The Kier molecular flexibility index (Phi) is 33.7. The molecule has 0 aromatic carbocycles. The molecule has 7 aliphatic heterocycles. The van der Waals surface area contributed by atoms with Crippen LogP contribution in [-0.2, 0) is 180 Å². The number of nitrogen functional groups attached to an aromatic ring is 3. The summed E-state index contributed by atoms with van der Waals surface area (Å²) in [5, 5.41) is 0. The lowest BCUT2D eigenvalue weighted by atomic mass is 10.2. The van der Waals surface area contributed by atoms with Crippen molar-refractivity contribution in [1.29, 1.82) is 0 Å². The summed E-state index contributed by atoms with van der Waals surface area (Å²) in [7, 11) is 0. The van der Waals surface area contributed by atoms with Crippen molar-refractivity contribution in [3.8, 4) is 0 Å². The first-order chi connectivity index (χ1) is 66.0. The number of hydrogen-bond acceptors (Lipinski definition) is 52. The van der Waals surface area contributed by atoms with E-state index >= 15 is 0 Å². The first-order valence-electron chi connectivity index (χ1n) is 42.0. The number of anilines is 3. The van der Waals surface area contributed by atoms with Crippen molar-refractivity contribution in [1.82, 2.24) is 76.8 Å². The van der Waals surface area contributed by atoms with Crippen molar-refractivity contribution in [2.45, 2.75) is 222 Å². The van der Waals surface area contributed by atoms with E-state index in [4.69, 9.17) is 180 Å². The average molecular weight is 2240 g/mol. The molecular weight excluding hydrogens is 2160 g/mol. The van der Waals surface area contributed by atoms with Gasteiger partial charge in [0.1, 0.15) is 144 Å². The molecule has 0 bridgehead atoms. The number of aromatic nitrogens is 16. The maximum Gasteiger partial charge on any atom is 0.351 e. The molecule has 15 heterocycles. The van der Waals surface area contributed by atoms with Crippen LogP contribution in [0.3, 0.4) is 0 Å². The Morgan fingerprint density at radius 2 is 0.638 bits per heavy atom. The molecule has 15 rings (SSSR count). The fourth-order valence-electron chi connectivity index (χ4n) is 16.1. The first-order valence-corrected chi connectivity index (χ1v) is 60.0. The molecule has 14 unspecified atom stereocenters. The number of nitrogens with two attached hydrogens (primary N) is 3. The summed E-state index contributed by atoms with van der Waals surface area (Å²) in [6.07, 6.45) is -22.7.